The Balaban J connectivity index is 1.59. The number of rotatable bonds is 9. The van der Waals surface area contributed by atoms with Gasteiger partial charge in [0.05, 0.1) is 0 Å². The van der Waals surface area contributed by atoms with Gasteiger partial charge in [-0.05, 0) is 46.4 Å². The normalized spacial score (nSPS) is 10.4. The Labute approximate surface area is 172 Å². The quantitative estimate of drug-likeness (QED) is 0.254. The highest BCUT2D eigenvalue weighted by atomic mass is 16.6. The molecule has 0 atom stereocenters. The third kappa shape index (κ3) is 5.82. The standard InChI is InChI=1S/C26H26O3/c1-3-5-20-6-8-21(9-7-20)22-10-12-23(13-11-22)24-14-16-25(17-15-24)28-18-19-29-26(27)4-2/h4,6-17H,2-3,5,18-19H2,1H3. The molecule has 0 fully saturated rings. The van der Waals surface area contributed by atoms with Crippen LogP contribution < -0.4 is 4.74 Å². The molecule has 0 saturated carbocycles. The van der Waals surface area contributed by atoms with Crippen LogP contribution in [-0.4, -0.2) is 19.2 Å². The van der Waals surface area contributed by atoms with Crippen LogP contribution in [0.25, 0.3) is 22.3 Å². The Bertz CT molecular complexity index is 923. The van der Waals surface area contributed by atoms with E-state index in [1.165, 1.54) is 23.1 Å². The number of carbonyl (C=O) groups is 1. The minimum atomic E-state index is -0.440. The summed E-state index contributed by atoms with van der Waals surface area (Å²) < 4.78 is 10.5. The molecule has 0 aliphatic carbocycles. The number of carbonyl (C=O) groups excluding carboxylic acids is 1. The molecule has 3 aromatic rings. The van der Waals surface area contributed by atoms with E-state index in [0.717, 1.165) is 29.4 Å². The zero-order valence-corrected chi connectivity index (χ0v) is 16.8. The van der Waals surface area contributed by atoms with E-state index in [4.69, 9.17) is 9.47 Å². The van der Waals surface area contributed by atoms with Gasteiger partial charge in [-0.2, -0.15) is 0 Å². The first kappa shape index (κ1) is 20.4. The van der Waals surface area contributed by atoms with E-state index < -0.39 is 5.97 Å². The van der Waals surface area contributed by atoms with Gasteiger partial charge in [-0.3, -0.25) is 0 Å². The molecule has 0 aliphatic heterocycles. The summed E-state index contributed by atoms with van der Waals surface area (Å²) >= 11 is 0. The average Bonchev–Trinajstić information content (AvgIpc) is 2.78. The zero-order chi connectivity index (χ0) is 20.5. The smallest absolute Gasteiger partial charge is 0.330 e. The van der Waals surface area contributed by atoms with E-state index in [1.807, 2.05) is 24.3 Å². The fourth-order valence-electron chi connectivity index (χ4n) is 3.11. The molecule has 0 bridgehead atoms. The first-order valence-corrected chi connectivity index (χ1v) is 9.91. The fourth-order valence-corrected chi connectivity index (χ4v) is 3.11. The molecule has 3 nitrogen and oxygen atoms in total. The monoisotopic (exact) mass is 386 g/mol. The van der Waals surface area contributed by atoms with Gasteiger partial charge >= 0.3 is 5.97 Å². The van der Waals surface area contributed by atoms with E-state index in [-0.39, 0.29) is 6.61 Å². The molecule has 148 valence electrons. The SMILES string of the molecule is C=CC(=O)OCCOc1ccc(-c2ccc(-c3ccc(CCC)cc3)cc2)cc1. The maximum atomic E-state index is 11.0. The van der Waals surface area contributed by atoms with E-state index in [1.54, 1.807) is 0 Å². The molecule has 3 rings (SSSR count). The maximum absolute atomic E-state index is 11.0. The molecule has 0 aliphatic rings. The minimum absolute atomic E-state index is 0.202. The fraction of sp³-hybridized carbons (Fsp3) is 0.192. The molecule has 3 heteroatoms. The van der Waals surface area contributed by atoms with Crippen LogP contribution in [0.1, 0.15) is 18.9 Å². The van der Waals surface area contributed by atoms with Crippen molar-refractivity contribution < 1.29 is 14.3 Å². The summed E-state index contributed by atoms with van der Waals surface area (Å²) in [6.45, 7) is 6.07. The summed E-state index contributed by atoms with van der Waals surface area (Å²) in [5.74, 6) is 0.302. The van der Waals surface area contributed by atoms with Gasteiger partial charge in [-0.25, -0.2) is 4.79 Å². The number of hydrogen-bond donors (Lipinski definition) is 0. The number of hydrogen-bond acceptors (Lipinski definition) is 3. The van der Waals surface area contributed by atoms with Crippen LogP contribution in [0.5, 0.6) is 5.75 Å². The number of ether oxygens (including phenoxy) is 2. The van der Waals surface area contributed by atoms with Crippen molar-refractivity contribution in [3.63, 3.8) is 0 Å². The highest BCUT2D eigenvalue weighted by Crippen LogP contribution is 2.26. The summed E-state index contributed by atoms with van der Waals surface area (Å²) in [6.07, 6.45) is 3.43. The van der Waals surface area contributed by atoms with Gasteiger partial charge in [0, 0.05) is 6.08 Å². The number of benzene rings is 3. The lowest BCUT2D eigenvalue weighted by Gasteiger charge is -2.09. The predicted molar refractivity (Wildman–Crippen MR) is 118 cm³/mol. The van der Waals surface area contributed by atoms with Gasteiger partial charge in [0.25, 0.3) is 0 Å². The Morgan fingerprint density at radius 3 is 1.76 bits per heavy atom. The Kier molecular flexibility index (Phi) is 7.23. The topological polar surface area (TPSA) is 35.5 Å². The second-order valence-electron chi connectivity index (χ2n) is 6.77. The Morgan fingerprint density at radius 1 is 0.793 bits per heavy atom. The second kappa shape index (κ2) is 10.3. The van der Waals surface area contributed by atoms with Gasteiger partial charge < -0.3 is 9.47 Å². The third-order valence-electron chi connectivity index (χ3n) is 4.66. The summed E-state index contributed by atoms with van der Waals surface area (Å²) in [5.41, 5.74) is 6.11. The van der Waals surface area contributed by atoms with E-state index in [2.05, 4.69) is 62.0 Å². The lowest BCUT2D eigenvalue weighted by molar-refractivity contribution is -0.138. The van der Waals surface area contributed by atoms with Gasteiger partial charge in [-0.15, -0.1) is 0 Å². The average molecular weight is 386 g/mol. The van der Waals surface area contributed by atoms with Crippen molar-refractivity contribution in [2.45, 2.75) is 19.8 Å². The highest BCUT2D eigenvalue weighted by Gasteiger charge is 2.02. The molecule has 0 radical (unpaired) electrons. The molecular formula is C26H26O3. The van der Waals surface area contributed by atoms with Crippen LogP contribution in [0, 0.1) is 0 Å². The van der Waals surface area contributed by atoms with Crippen molar-refractivity contribution in [2.24, 2.45) is 0 Å². The van der Waals surface area contributed by atoms with Crippen molar-refractivity contribution >= 4 is 5.97 Å². The summed E-state index contributed by atoms with van der Waals surface area (Å²) in [4.78, 5) is 11.0. The highest BCUT2D eigenvalue weighted by molar-refractivity contribution is 5.81. The lowest BCUT2D eigenvalue weighted by Crippen LogP contribution is -2.10. The molecule has 0 spiro atoms. The van der Waals surface area contributed by atoms with Crippen LogP contribution in [0.15, 0.2) is 85.5 Å². The molecule has 3 aromatic carbocycles. The van der Waals surface area contributed by atoms with Crippen molar-refractivity contribution in [1.82, 2.24) is 0 Å². The first-order valence-electron chi connectivity index (χ1n) is 9.91. The summed E-state index contributed by atoms with van der Waals surface area (Å²) in [6, 6.07) is 25.3. The van der Waals surface area contributed by atoms with Gasteiger partial charge in [-0.1, -0.05) is 80.6 Å². The van der Waals surface area contributed by atoms with Crippen LogP contribution in [0.3, 0.4) is 0 Å². The molecular weight excluding hydrogens is 360 g/mol. The first-order chi connectivity index (χ1) is 14.2. The number of aryl methyl sites for hydroxylation is 1. The van der Waals surface area contributed by atoms with E-state index in [9.17, 15) is 4.79 Å². The summed E-state index contributed by atoms with van der Waals surface area (Å²) in [5, 5.41) is 0. The summed E-state index contributed by atoms with van der Waals surface area (Å²) in [7, 11) is 0. The van der Waals surface area contributed by atoms with Gasteiger partial charge in [0.1, 0.15) is 19.0 Å². The maximum Gasteiger partial charge on any atom is 0.330 e. The van der Waals surface area contributed by atoms with Crippen LogP contribution in [-0.2, 0) is 16.0 Å². The van der Waals surface area contributed by atoms with Gasteiger partial charge in [0.15, 0.2) is 0 Å². The van der Waals surface area contributed by atoms with Gasteiger partial charge in [0.2, 0.25) is 0 Å². The molecule has 29 heavy (non-hydrogen) atoms. The third-order valence-corrected chi connectivity index (χ3v) is 4.66. The Hall–Kier alpha value is -3.33. The van der Waals surface area contributed by atoms with Crippen molar-refractivity contribution in [1.29, 1.82) is 0 Å². The zero-order valence-electron chi connectivity index (χ0n) is 16.8. The molecule has 0 saturated heterocycles. The van der Waals surface area contributed by atoms with Crippen molar-refractivity contribution in [3.05, 3.63) is 91.0 Å². The molecule has 0 unspecified atom stereocenters. The van der Waals surface area contributed by atoms with Crippen LogP contribution in [0.4, 0.5) is 0 Å². The molecule has 0 amide bonds. The van der Waals surface area contributed by atoms with Crippen molar-refractivity contribution in [2.75, 3.05) is 13.2 Å². The van der Waals surface area contributed by atoms with Crippen molar-refractivity contribution in [3.8, 4) is 28.0 Å². The number of esters is 1. The van der Waals surface area contributed by atoms with E-state index in [0.29, 0.717) is 6.61 Å². The lowest BCUT2D eigenvalue weighted by atomic mass is 9.99. The predicted octanol–water partition coefficient (Wildman–Crippen LogP) is 6.08. The minimum Gasteiger partial charge on any atom is -0.490 e. The van der Waals surface area contributed by atoms with Crippen LogP contribution >= 0.6 is 0 Å². The van der Waals surface area contributed by atoms with E-state index >= 15 is 0 Å². The largest absolute Gasteiger partial charge is 0.490 e. The molecule has 0 N–H and O–H groups in total. The van der Waals surface area contributed by atoms with Crippen LogP contribution in [0.2, 0.25) is 0 Å². The molecule has 0 aromatic heterocycles. The molecule has 0 heterocycles. The second-order valence-corrected chi connectivity index (χ2v) is 6.77. The Morgan fingerprint density at radius 2 is 1.28 bits per heavy atom.